The highest BCUT2D eigenvalue weighted by Gasteiger charge is 2.12. The van der Waals surface area contributed by atoms with Gasteiger partial charge in [-0.1, -0.05) is 48.5 Å². The fourth-order valence-electron chi connectivity index (χ4n) is 3.33. The van der Waals surface area contributed by atoms with Gasteiger partial charge in [0.25, 0.3) is 0 Å². The summed E-state index contributed by atoms with van der Waals surface area (Å²) in [4.78, 5) is 4.34. The van der Waals surface area contributed by atoms with E-state index < -0.39 is 0 Å². The molecule has 0 aliphatic carbocycles. The summed E-state index contributed by atoms with van der Waals surface area (Å²) in [6.45, 7) is 5.34. The van der Waals surface area contributed by atoms with Crippen LogP contribution >= 0.6 is 24.0 Å². The molecule has 160 valence electrons. The Hall–Kier alpha value is -2.39. The lowest BCUT2D eigenvalue weighted by Gasteiger charge is -2.19. The van der Waals surface area contributed by atoms with E-state index in [1.165, 1.54) is 0 Å². The number of aromatic nitrogens is 2. The number of nitrogens with one attached hydrogen (secondary N) is 2. The number of nitrogens with zero attached hydrogens (tertiary/aromatic N) is 3. The first kappa shape index (κ1) is 23.9. The van der Waals surface area contributed by atoms with Gasteiger partial charge in [-0.15, -0.1) is 24.0 Å². The highest BCUT2D eigenvalue weighted by Crippen LogP contribution is 2.17. The largest absolute Gasteiger partial charge is 0.375 e. The second kappa shape index (κ2) is 11.7. The number of rotatable bonds is 7. The van der Waals surface area contributed by atoms with Gasteiger partial charge in [0.15, 0.2) is 5.96 Å². The van der Waals surface area contributed by atoms with Crippen LogP contribution in [0.3, 0.4) is 0 Å². The van der Waals surface area contributed by atoms with Crippen LogP contribution in [-0.4, -0.2) is 36.4 Å². The van der Waals surface area contributed by atoms with E-state index in [4.69, 9.17) is 4.74 Å². The molecule has 0 bridgehead atoms. The third-order valence-electron chi connectivity index (χ3n) is 4.81. The average molecular weight is 519 g/mol. The minimum atomic E-state index is -0.0447. The molecule has 6 nitrogen and oxygen atoms in total. The van der Waals surface area contributed by atoms with Crippen LogP contribution in [-0.2, 0) is 11.3 Å². The van der Waals surface area contributed by atoms with Crippen molar-refractivity contribution in [1.29, 1.82) is 0 Å². The fourth-order valence-corrected chi connectivity index (χ4v) is 3.33. The molecule has 2 aromatic carbocycles. The van der Waals surface area contributed by atoms with Crippen molar-refractivity contribution < 1.29 is 4.74 Å². The number of para-hydroxylation sites is 1. The first-order valence-corrected chi connectivity index (χ1v) is 9.76. The number of ether oxygens (including phenoxy) is 1. The number of methoxy groups -OCH3 is 1. The Bertz CT molecular complexity index is 955. The Balaban J connectivity index is 0.00000320. The molecule has 0 aliphatic rings. The molecule has 0 saturated heterocycles. The second-order valence-electron chi connectivity index (χ2n) is 6.91. The van der Waals surface area contributed by atoms with Gasteiger partial charge in [-0.25, -0.2) is 4.68 Å². The summed E-state index contributed by atoms with van der Waals surface area (Å²) >= 11 is 0. The molecule has 1 heterocycles. The minimum absolute atomic E-state index is 0. The lowest BCUT2D eigenvalue weighted by Crippen LogP contribution is -2.39. The highest BCUT2D eigenvalue weighted by atomic mass is 127. The predicted octanol–water partition coefficient (Wildman–Crippen LogP) is 4.16. The Morgan fingerprint density at radius 1 is 1.07 bits per heavy atom. The van der Waals surface area contributed by atoms with Crippen LogP contribution in [0.1, 0.15) is 28.6 Å². The maximum Gasteiger partial charge on any atom is 0.191 e. The topological polar surface area (TPSA) is 63.5 Å². The second-order valence-corrected chi connectivity index (χ2v) is 6.91. The molecule has 1 unspecified atom stereocenters. The molecule has 1 atom stereocenters. The number of hydrogen-bond donors (Lipinski definition) is 2. The molecule has 3 rings (SSSR count). The van der Waals surface area contributed by atoms with Gasteiger partial charge in [0.1, 0.15) is 0 Å². The summed E-state index contributed by atoms with van der Waals surface area (Å²) < 4.78 is 7.61. The van der Waals surface area contributed by atoms with Gasteiger partial charge in [-0.3, -0.25) is 4.99 Å². The van der Waals surface area contributed by atoms with Crippen molar-refractivity contribution in [3.8, 4) is 5.69 Å². The van der Waals surface area contributed by atoms with Gasteiger partial charge >= 0.3 is 0 Å². The first-order valence-electron chi connectivity index (χ1n) is 9.76. The van der Waals surface area contributed by atoms with E-state index in [1.54, 1.807) is 14.2 Å². The lowest BCUT2D eigenvalue weighted by molar-refractivity contribution is 0.106. The maximum atomic E-state index is 5.63. The average Bonchev–Trinajstić information content (AvgIpc) is 3.09. The third kappa shape index (κ3) is 6.06. The summed E-state index contributed by atoms with van der Waals surface area (Å²) in [6.07, 6.45) is -0.0447. The standard InChI is InChI=1S/C23H29N5O.HI/c1-17-14-18(2)28(27-17)21-13-9-8-12-20(21)15-25-23(24-3)26-16-22(29-4)19-10-6-5-7-11-19;/h5-14,22H,15-16H2,1-4H3,(H2,24,25,26);1H. The van der Waals surface area contributed by atoms with Gasteiger partial charge < -0.3 is 15.4 Å². The van der Waals surface area contributed by atoms with Crippen LogP contribution in [0.2, 0.25) is 0 Å². The van der Waals surface area contributed by atoms with Gasteiger partial charge in [-0.2, -0.15) is 5.10 Å². The molecule has 0 aliphatic heterocycles. The third-order valence-corrected chi connectivity index (χ3v) is 4.81. The van der Waals surface area contributed by atoms with Crippen LogP contribution in [0.15, 0.2) is 65.7 Å². The van der Waals surface area contributed by atoms with Crippen LogP contribution in [0.4, 0.5) is 0 Å². The lowest BCUT2D eigenvalue weighted by atomic mass is 10.1. The molecule has 1 aromatic heterocycles. The highest BCUT2D eigenvalue weighted by molar-refractivity contribution is 14.0. The monoisotopic (exact) mass is 519 g/mol. The van der Waals surface area contributed by atoms with Crippen molar-refractivity contribution in [2.75, 3.05) is 20.7 Å². The Labute approximate surface area is 195 Å². The van der Waals surface area contributed by atoms with E-state index in [1.807, 2.05) is 41.9 Å². The van der Waals surface area contributed by atoms with Crippen LogP contribution in [0.5, 0.6) is 0 Å². The maximum absolute atomic E-state index is 5.63. The van der Waals surface area contributed by atoms with E-state index in [2.05, 4.69) is 58.0 Å². The number of hydrogen-bond acceptors (Lipinski definition) is 3. The van der Waals surface area contributed by atoms with Crippen molar-refractivity contribution in [2.45, 2.75) is 26.5 Å². The zero-order valence-electron chi connectivity index (χ0n) is 17.9. The SMILES string of the molecule is CN=C(NCc1ccccc1-n1nc(C)cc1C)NCC(OC)c1ccccc1.I. The molecule has 7 heteroatoms. The van der Waals surface area contributed by atoms with Gasteiger partial charge in [0.2, 0.25) is 0 Å². The van der Waals surface area contributed by atoms with Crippen molar-refractivity contribution in [1.82, 2.24) is 20.4 Å². The molecule has 0 fully saturated rings. The first-order chi connectivity index (χ1) is 14.1. The van der Waals surface area contributed by atoms with Crippen molar-refractivity contribution in [2.24, 2.45) is 4.99 Å². The number of benzene rings is 2. The molecule has 30 heavy (non-hydrogen) atoms. The van der Waals surface area contributed by atoms with Gasteiger partial charge in [-0.05, 0) is 37.1 Å². The fraction of sp³-hybridized carbons (Fsp3) is 0.304. The number of guanidine groups is 1. The van der Waals surface area contributed by atoms with Gasteiger partial charge in [0.05, 0.1) is 17.5 Å². The zero-order chi connectivity index (χ0) is 20.6. The molecule has 0 spiro atoms. The van der Waals surface area contributed by atoms with E-state index in [0.29, 0.717) is 13.1 Å². The van der Waals surface area contributed by atoms with Gasteiger partial charge in [0, 0.05) is 32.9 Å². The molecule has 3 aromatic rings. The van der Waals surface area contributed by atoms with Crippen molar-refractivity contribution in [3.05, 3.63) is 83.2 Å². The van der Waals surface area contributed by atoms with Crippen LogP contribution < -0.4 is 10.6 Å². The minimum Gasteiger partial charge on any atom is -0.375 e. The Morgan fingerprint density at radius 2 is 1.77 bits per heavy atom. The molecule has 0 saturated carbocycles. The van der Waals surface area contributed by atoms with Crippen LogP contribution in [0, 0.1) is 13.8 Å². The normalized spacial score (nSPS) is 12.2. The van der Waals surface area contributed by atoms with Crippen molar-refractivity contribution >= 4 is 29.9 Å². The quantitative estimate of drug-likeness (QED) is 0.280. The summed E-state index contributed by atoms with van der Waals surface area (Å²) in [7, 11) is 3.49. The molecule has 0 amide bonds. The molecular formula is C23H30IN5O. The molecule has 0 radical (unpaired) electrons. The Morgan fingerprint density at radius 3 is 2.40 bits per heavy atom. The number of aliphatic imine (C=N–C) groups is 1. The van der Waals surface area contributed by atoms with E-state index in [-0.39, 0.29) is 30.1 Å². The zero-order valence-corrected chi connectivity index (χ0v) is 20.3. The predicted molar refractivity (Wildman–Crippen MR) is 133 cm³/mol. The van der Waals surface area contributed by atoms with Crippen molar-refractivity contribution in [3.63, 3.8) is 0 Å². The summed E-state index contributed by atoms with van der Waals surface area (Å²) in [5.74, 6) is 0.728. The Kier molecular flexibility index (Phi) is 9.32. The number of aryl methyl sites for hydroxylation is 2. The van der Waals surface area contributed by atoms with E-state index >= 15 is 0 Å². The van der Waals surface area contributed by atoms with E-state index in [0.717, 1.165) is 34.2 Å². The smallest absolute Gasteiger partial charge is 0.191 e. The molecular weight excluding hydrogens is 489 g/mol. The van der Waals surface area contributed by atoms with E-state index in [9.17, 15) is 0 Å². The summed E-state index contributed by atoms with van der Waals surface area (Å²) in [6, 6.07) is 20.5. The summed E-state index contributed by atoms with van der Waals surface area (Å²) in [5.41, 5.74) is 5.47. The summed E-state index contributed by atoms with van der Waals surface area (Å²) in [5, 5.41) is 11.4. The number of halogens is 1. The molecule has 2 N–H and O–H groups in total. The van der Waals surface area contributed by atoms with Crippen LogP contribution in [0.25, 0.3) is 5.69 Å².